The molecule has 0 bridgehead atoms. The highest BCUT2D eigenvalue weighted by molar-refractivity contribution is 5.92. The molecule has 1 saturated heterocycles. The van der Waals surface area contributed by atoms with Crippen LogP contribution >= 0.6 is 0 Å². The molecule has 11 heteroatoms. The maximum absolute atomic E-state index is 14.8. The predicted octanol–water partition coefficient (Wildman–Crippen LogP) is 3.17. The fourth-order valence-electron chi connectivity index (χ4n) is 4.48. The smallest absolute Gasteiger partial charge is 0.293 e. The fraction of sp³-hybridized carbons (Fsp3) is 0.375. The van der Waals surface area contributed by atoms with Gasteiger partial charge in [0.15, 0.2) is 0 Å². The van der Waals surface area contributed by atoms with Gasteiger partial charge in [-0.25, -0.2) is 23.4 Å². The minimum atomic E-state index is -0.780. The first kappa shape index (κ1) is 21.8. The summed E-state index contributed by atoms with van der Waals surface area (Å²) >= 11 is 0. The maximum atomic E-state index is 14.8. The summed E-state index contributed by atoms with van der Waals surface area (Å²) in [6.45, 7) is 2.87. The Hall–Kier alpha value is -3.73. The Labute approximate surface area is 199 Å². The van der Waals surface area contributed by atoms with Crippen LogP contribution in [0.3, 0.4) is 0 Å². The third-order valence-corrected chi connectivity index (χ3v) is 6.43. The van der Waals surface area contributed by atoms with E-state index >= 15 is 0 Å². The lowest BCUT2D eigenvalue weighted by Crippen LogP contribution is -2.43. The van der Waals surface area contributed by atoms with Crippen molar-refractivity contribution in [2.24, 2.45) is 7.05 Å². The number of anilines is 1. The molecule has 3 aromatic heterocycles. The lowest BCUT2D eigenvalue weighted by atomic mass is 10.1. The predicted molar refractivity (Wildman–Crippen MR) is 124 cm³/mol. The summed E-state index contributed by atoms with van der Waals surface area (Å²) in [5.74, 6) is -1.21. The molecule has 0 amide bonds. The number of ether oxygens (including phenoxy) is 1. The number of hydrogen-bond donors (Lipinski definition) is 0. The maximum Gasteiger partial charge on any atom is 0.293 e. The topological polar surface area (TPSA) is 91.0 Å². The quantitative estimate of drug-likeness (QED) is 0.444. The van der Waals surface area contributed by atoms with Gasteiger partial charge < -0.3 is 9.64 Å². The van der Waals surface area contributed by atoms with Gasteiger partial charge in [-0.2, -0.15) is 10.2 Å². The molecule has 2 atom stereocenters. The summed E-state index contributed by atoms with van der Waals surface area (Å²) in [5, 5.41) is 8.82. The molecule has 2 fully saturated rings. The lowest BCUT2D eigenvalue weighted by molar-refractivity contribution is -0.0178. The van der Waals surface area contributed by atoms with Crippen molar-refractivity contribution in [3.05, 3.63) is 64.3 Å². The molecule has 1 aliphatic heterocycles. The molecule has 4 heterocycles. The highest BCUT2D eigenvalue weighted by Gasteiger charge is 2.31. The molecule has 2 aliphatic rings. The first-order valence-corrected chi connectivity index (χ1v) is 11.5. The van der Waals surface area contributed by atoms with Gasteiger partial charge in [-0.15, -0.1) is 0 Å². The normalized spacial score (nSPS) is 20.5. The molecule has 4 aromatic rings. The summed E-state index contributed by atoms with van der Waals surface area (Å²) in [6.07, 6.45) is 7.11. The molecule has 1 aromatic carbocycles. The Bertz CT molecular complexity index is 1500. The Balaban J connectivity index is 1.45. The summed E-state index contributed by atoms with van der Waals surface area (Å²) in [7, 11) is 1.52. The Morgan fingerprint density at radius 2 is 1.91 bits per heavy atom. The molecule has 1 saturated carbocycles. The molecule has 9 nitrogen and oxygen atoms in total. The van der Waals surface area contributed by atoms with Crippen LogP contribution in [0.2, 0.25) is 0 Å². The molecular weight excluding hydrogens is 456 g/mol. The van der Waals surface area contributed by atoms with Crippen LogP contribution in [0, 0.1) is 11.6 Å². The molecule has 0 radical (unpaired) electrons. The lowest BCUT2D eigenvalue weighted by Gasteiger charge is -2.36. The standard InChI is InChI=1S/C24H23F2N7O2/c1-13-10-32(12-20(35-13)14-8-28-33(11-14)16-4-5-16)24-29-21(17-6-3-15(25)7-19(17)26)18-9-27-31(2)23(34)22(18)30-24/h3,6-9,11,13,16,20H,4-5,10,12H2,1-2H3. The van der Waals surface area contributed by atoms with Crippen LogP contribution < -0.4 is 10.5 Å². The molecule has 2 unspecified atom stereocenters. The van der Waals surface area contributed by atoms with Crippen molar-refractivity contribution in [3.8, 4) is 11.3 Å². The zero-order valence-corrected chi connectivity index (χ0v) is 19.2. The van der Waals surface area contributed by atoms with Crippen molar-refractivity contribution >= 4 is 16.9 Å². The fourth-order valence-corrected chi connectivity index (χ4v) is 4.48. The number of morpholine rings is 1. The van der Waals surface area contributed by atoms with E-state index in [9.17, 15) is 13.6 Å². The van der Waals surface area contributed by atoms with E-state index in [2.05, 4.69) is 20.2 Å². The molecule has 35 heavy (non-hydrogen) atoms. The highest BCUT2D eigenvalue weighted by Crippen LogP contribution is 2.36. The van der Waals surface area contributed by atoms with E-state index in [-0.39, 0.29) is 34.9 Å². The zero-order valence-electron chi connectivity index (χ0n) is 19.2. The van der Waals surface area contributed by atoms with E-state index in [0.29, 0.717) is 24.5 Å². The number of aromatic nitrogens is 6. The molecule has 0 N–H and O–H groups in total. The Kier molecular flexibility index (Phi) is 5.10. The Morgan fingerprint density at radius 1 is 1.09 bits per heavy atom. The van der Waals surface area contributed by atoms with Crippen LogP contribution in [0.25, 0.3) is 22.2 Å². The van der Waals surface area contributed by atoms with Gasteiger partial charge in [0, 0.05) is 37.0 Å². The van der Waals surface area contributed by atoms with Crippen LogP contribution in [0.1, 0.15) is 37.5 Å². The van der Waals surface area contributed by atoms with E-state index in [1.807, 2.05) is 28.9 Å². The second-order valence-corrected chi connectivity index (χ2v) is 9.16. The van der Waals surface area contributed by atoms with E-state index < -0.39 is 17.2 Å². The SMILES string of the molecule is CC1CN(c2nc(-c3ccc(F)cc3F)c3cnn(C)c(=O)c3n2)CC(c2cnn(C3CC3)c2)O1. The van der Waals surface area contributed by atoms with E-state index in [1.165, 1.54) is 24.0 Å². The molecule has 1 aliphatic carbocycles. The first-order chi connectivity index (χ1) is 16.9. The Morgan fingerprint density at radius 3 is 2.69 bits per heavy atom. The second-order valence-electron chi connectivity index (χ2n) is 9.16. The van der Waals surface area contributed by atoms with Crippen molar-refractivity contribution in [1.82, 2.24) is 29.5 Å². The van der Waals surface area contributed by atoms with E-state index in [4.69, 9.17) is 4.74 Å². The molecule has 0 spiro atoms. The van der Waals surface area contributed by atoms with Gasteiger partial charge in [-0.1, -0.05) is 0 Å². The minimum Gasteiger partial charge on any atom is -0.367 e. The highest BCUT2D eigenvalue weighted by atomic mass is 19.1. The van der Waals surface area contributed by atoms with Crippen molar-refractivity contribution in [3.63, 3.8) is 0 Å². The summed E-state index contributed by atoms with van der Waals surface area (Å²) in [6, 6.07) is 3.72. The average Bonchev–Trinajstić information content (AvgIpc) is 3.57. The number of fused-ring (bicyclic) bond motifs is 1. The number of benzene rings is 1. The number of hydrogen-bond acceptors (Lipinski definition) is 7. The van der Waals surface area contributed by atoms with Crippen molar-refractivity contribution in [2.45, 2.75) is 38.0 Å². The monoisotopic (exact) mass is 479 g/mol. The van der Waals surface area contributed by atoms with Gasteiger partial charge in [-0.05, 0) is 31.9 Å². The largest absolute Gasteiger partial charge is 0.367 e. The number of aryl methyl sites for hydroxylation is 1. The number of halogens is 2. The average molecular weight is 479 g/mol. The van der Waals surface area contributed by atoms with E-state index in [1.54, 1.807) is 0 Å². The number of nitrogens with zero attached hydrogens (tertiary/aromatic N) is 7. The third kappa shape index (κ3) is 3.95. The number of rotatable bonds is 4. The first-order valence-electron chi connectivity index (χ1n) is 11.5. The zero-order chi connectivity index (χ0) is 24.3. The second kappa shape index (κ2) is 8.19. The molecule has 180 valence electrons. The summed E-state index contributed by atoms with van der Waals surface area (Å²) in [4.78, 5) is 24.1. The molecule has 6 rings (SSSR count). The minimum absolute atomic E-state index is 0.0682. The van der Waals surface area contributed by atoms with Gasteiger partial charge >= 0.3 is 0 Å². The molecular formula is C24H23F2N7O2. The third-order valence-electron chi connectivity index (χ3n) is 6.43. The summed E-state index contributed by atoms with van der Waals surface area (Å²) < 4.78 is 37.7. The van der Waals surface area contributed by atoms with Crippen LogP contribution in [0.15, 0.2) is 41.6 Å². The van der Waals surface area contributed by atoms with Crippen LogP contribution in [-0.4, -0.2) is 48.7 Å². The van der Waals surface area contributed by atoms with Crippen LogP contribution in [0.4, 0.5) is 14.7 Å². The van der Waals surface area contributed by atoms with Crippen LogP contribution in [-0.2, 0) is 11.8 Å². The van der Waals surface area contributed by atoms with Gasteiger partial charge in [-0.3, -0.25) is 9.48 Å². The van der Waals surface area contributed by atoms with Gasteiger partial charge in [0.1, 0.15) is 23.3 Å². The van der Waals surface area contributed by atoms with Crippen molar-refractivity contribution in [1.29, 1.82) is 0 Å². The van der Waals surface area contributed by atoms with Gasteiger partial charge in [0.25, 0.3) is 5.56 Å². The summed E-state index contributed by atoms with van der Waals surface area (Å²) in [5.41, 5.74) is 0.893. The van der Waals surface area contributed by atoms with Crippen molar-refractivity contribution in [2.75, 3.05) is 18.0 Å². The van der Waals surface area contributed by atoms with Crippen LogP contribution in [0.5, 0.6) is 0 Å². The van der Waals surface area contributed by atoms with Gasteiger partial charge in [0.05, 0.1) is 42.2 Å². The van der Waals surface area contributed by atoms with Crippen molar-refractivity contribution < 1.29 is 13.5 Å². The van der Waals surface area contributed by atoms with E-state index in [0.717, 1.165) is 30.5 Å². The van der Waals surface area contributed by atoms with Gasteiger partial charge in [0.2, 0.25) is 5.95 Å².